The van der Waals surface area contributed by atoms with Crippen LogP contribution in [0.5, 0.6) is 0 Å². The topological polar surface area (TPSA) is 43.8 Å². The molecule has 4 heteroatoms. The van der Waals surface area contributed by atoms with Crippen LogP contribution in [-0.4, -0.2) is 48.2 Å². The Morgan fingerprint density at radius 3 is 2.65 bits per heavy atom. The average Bonchev–Trinajstić information content (AvgIpc) is 2.89. The van der Waals surface area contributed by atoms with Gasteiger partial charge in [-0.25, -0.2) is 4.79 Å². The molecular formula is C16H24N2O2. The largest absolute Gasteiger partial charge is 0.478 e. The maximum Gasteiger partial charge on any atom is 0.335 e. The Balaban J connectivity index is 2.10. The third-order valence-corrected chi connectivity index (χ3v) is 4.30. The molecule has 0 amide bonds. The van der Waals surface area contributed by atoms with Gasteiger partial charge in [-0.2, -0.15) is 0 Å². The minimum atomic E-state index is -0.850. The Bertz CT molecular complexity index is 483. The molecule has 1 aliphatic heterocycles. The van der Waals surface area contributed by atoms with Crippen molar-refractivity contribution in [2.75, 3.05) is 31.1 Å². The number of likely N-dealkylation sites (N-methyl/N-ethyl adjacent to an activating group) is 1. The smallest absolute Gasteiger partial charge is 0.335 e. The third kappa shape index (κ3) is 2.96. The molecule has 2 rings (SSSR count). The zero-order valence-corrected chi connectivity index (χ0v) is 12.6. The van der Waals surface area contributed by atoms with Crippen LogP contribution in [0.1, 0.15) is 36.2 Å². The molecule has 0 spiro atoms. The van der Waals surface area contributed by atoms with Gasteiger partial charge in [0, 0.05) is 24.8 Å². The summed E-state index contributed by atoms with van der Waals surface area (Å²) in [7, 11) is 0. The molecule has 1 fully saturated rings. The van der Waals surface area contributed by atoms with E-state index in [9.17, 15) is 4.79 Å². The van der Waals surface area contributed by atoms with Gasteiger partial charge in [0.1, 0.15) is 0 Å². The van der Waals surface area contributed by atoms with E-state index in [1.807, 2.05) is 19.1 Å². The lowest BCUT2D eigenvalue weighted by Crippen LogP contribution is -2.37. The third-order valence-electron chi connectivity index (χ3n) is 4.30. The first-order valence-electron chi connectivity index (χ1n) is 7.39. The molecule has 1 heterocycles. The summed E-state index contributed by atoms with van der Waals surface area (Å²) in [5, 5.41) is 9.08. The molecule has 1 aromatic rings. The SMILES string of the molecule is CCN(CC)C1CCN(c2ccc(C(=O)O)c(C)c2)C1. The van der Waals surface area contributed by atoms with Gasteiger partial charge in [0.25, 0.3) is 0 Å². The van der Waals surface area contributed by atoms with Crippen molar-refractivity contribution in [3.8, 4) is 0 Å². The second-order valence-electron chi connectivity index (χ2n) is 5.41. The number of benzene rings is 1. The zero-order valence-electron chi connectivity index (χ0n) is 12.6. The molecule has 0 radical (unpaired) electrons. The number of carbonyl (C=O) groups is 1. The van der Waals surface area contributed by atoms with Gasteiger partial charge in [-0.05, 0) is 50.2 Å². The van der Waals surface area contributed by atoms with E-state index in [1.165, 1.54) is 6.42 Å². The van der Waals surface area contributed by atoms with Crippen molar-refractivity contribution in [3.63, 3.8) is 0 Å². The van der Waals surface area contributed by atoms with Crippen LogP contribution in [-0.2, 0) is 0 Å². The molecule has 20 heavy (non-hydrogen) atoms. The highest BCUT2D eigenvalue weighted by atomic mass is 16.4. The Kier molecular flexibility index (Phi) is 4.65. The zero-order chi connectivity index (χ0) is 14.7. The number of hydrogen-bond acceptors (Lipinski definition) is 3. The summed E-state index contributed by atoms with van der Waals surface area (Å²) in [6, 6.07) is 6.26. The number of hydrogen-bond donors (Lipinski definition) is 1. The van der Waals surface area contributed by atoms with Crippen LogP contribution in [0.4, 0.5) is 5.69 Å². The average molecular weight is 276 g/mol. The molecule has 1 saturated heterocycles. The van der Waals surface area contributed by atoms with Crippen LogP contribution in [0.3, 0.4) is 0 Å². The minimum Gasteiger partial charge on any atom is -0.478 e. The van der Waals surface area contributed by atoms with E-state index in [0.717, 1.165) is 37.4 Å². The first-order chi connectivity index (χ1) is 9.56. The number of anilines is 1. The first kappa shape index (κ1) is 14.9. The summed E-state index contributed by atoms with van der Waals surface area (Å²) in [4.78, 5) is 15.9. The molecule has 0 aliphatic carbocycles. The molecule has 1 atom stereocenters. The molecule has 4 nitrogen and oxygen atoms in total. The van der Waals surface area contributed by atoms with Gasteiger partial charge in [0.15, 0.2) is 0 Å². The quantitative estimate of drug-likeness (QED) is 0.898. The highest BCUT2D eigenvalue weighted by molar-refractivity contribution is 5.89. The Labute approximate surface area is 121 Å². The van der Waals surface area contributed by atoms with Gasteiger partial charge in [-0.1, -0.05) is 13.8 Å². The predicted molar refractivity (Wildman–Crippen MR) is 81.7 cm³/mol. The summed E-state index contributed by atoms with van der Waals surface area (Å²) >= 11 is 0. The Hall–Kier alpha value is -1.55. The summed E-state index contributed by atoms with van der Waals surface area (Å²) in [5.74, 6) is -0.850. The molecule has 110 valence electrons. The van der Waals surface area contributed by atoms with Gasteiger partial charge < -0.3 is 10.0 Å². The normalized spacial score (nSPS) is 18.8. The van der Waals surface area contributed by atoms with E-state index in [2.05, 4.69) is 23.6 Å². The summed E-state index contributed by atoms with van der Waals surface area (Å²) in [6.07, 6.45) is 1.18. The van der Waals surface area contributed by atoms with Crippen molar-refractivity contribution < 1.29 is 9.90 Å². The fourth-order valence-electron chi connectivity index (χ4n) is 3.10. The van der Waals surface area contributed by atoms with Crippen molar-refractivity contribution in [1.82, 2.24) is 4.90 Å². The van der Waals surface area contributed by atoms with E-state index < -0.39 is 5.97 Å². The molecule has 0 bridgehead atoms. The van der Waals surface area contributed by atoms with Crippen molar-refractivity contribution in [1.29, 1.82) is 0 Å². The van der Waals surface area contributed by atoms with Crippen molar-refractivity contribution in [2.24, 2.45) is 0 Å². The lowest BCUT2D eigenvalue weighted by molar-refractivity contribution is 0.0696. The number of rotatable bonds is 5. The Morgan fingerprint density at radius 1 is 1.40 bits per heavy atom. The fraction of sp³-hybridized carbons (Fsp3) is 0.562. The first-order valence-corrected chi connectivity index (χ1v) is 7.39. The number of carboxylic acids is 1. The fourth-order valence-corrected chi connectivity index (χ4v) is 3.10. The van der Waals surface area contributed by atoms with Gasteiger partial charge in [0.05, 0.1) is 5.56 Å². The highest BCUT2D eigenvalue weighted by Gasteiger charge is 2.26. The maximum absolute atomic E-state index is 11.1. The summed E-state index contributed by atoms with van der Waals surface area (Å²) in [6.45, 7) is 10.5. The molecule has 1 N–H and O–H groups in total. The second kappa shape index (κ2) is 6.27. The minimum absolute atomic E-state index is 0.397. The van der Waals surface area contributed by atoms with E-state index in [0.29, 0.717) is 11.6 Å². The molecular weight excluding hydrogens is 252 g/mol. The van der Waals surface area contributed by atoms with Crippen molar-refractivity contribution in [2.45, 2.75) is 33.2 Å². The van der Waals surface area contributed by atoms with Crippen LogP contribution < -0.4 is 4.90 Å². The van der Waals surface area contributed by atoms with Gasteiger partial charge >= 0.3 is 5.97 Å². The summed E-state index contributed by atoms with van der Waals surface area (Å²) in [5.41, 5.74) is 2.37. The van der Waals surface area contributed by atoms with Crippen LogP contribution in [0, 0.1) is 6.92 Å². The van der Waals surface area contributed by atoms with Gasteiger partial charge in [-0.15, -0.1) is 0 Å². The standard InChI is InChI=1S/C16H24N2O2/c1-4-17(5-2)14-8-9-18(11-14)13-6-7-15(16(19)20)12(3)10-13/h6-7,10,14H,4-5,8-9,11H2,1-3H3,(H,19,20). The van der Waals surface area contributed by atoms with Crippen LogP contribution >= 0.6 is 0 Å². The predicted octanol–water partition coefficient (Wildman–Crippen LogP) is 2.61. The van der Waals surface area contributed by atoms with Crippen LogP contribution in [0.2, 0.25) is 0 Å². The maximum atomic E-state index is 11.1. The van der Waals surface area contributed by atoms with Gasteiger partial charge in [0.2, 0.25) is 0 Å². The van der Waals surface area contributed by atoms with E-state index in [4.69, 9.17) is 5.11 Å². The second-order valence-corrected chi connectivity index (χ2v) is 5.41. The van der Waals surface area contributed by atoms with E-state index in [-0.39, 0.29) is 0 Å². The van der Waals surface area contributed by atoms with Crippen molar-refractivity contribution >= 4 is 11.7 Å². The monoisotopic (exact) mass is 276 g/mol. The molecule has 1 aromatic carbocycles. The van der Waals surface area contributed by atoms with Crippen LogP contribution in [0.25, 0.3) is 0 Å². The van der Waals surface area contributed by atoms with Crippen LogP contribution in [0.15, 0.2) is 18.2 Å². The van der Waals surface area contributed by atoms with E-state index >= 15 is 0 Å². The lowest BCUT2D eigenvalue weighted by atomic mass is 10.1. The van der Waals surface area contributed by atoms with E-state index in [1.54, 1.807) is 6.07 Å². The molecule has 1 aliphatic rings. The van der Waals surface area contributed by atoms with Gasteiger partial charge in [-0.3, -0.25) is 4.90 Å². The lowest BCUT2D eigenvalue weighted by Gasteiger charge is -2.26. The highest BCUT2D eigenvalue weighted by Crippen LogP contribution is 2.25. The molecule has 0 aromatic heterocycles. The number of carboxylic acid groups (broad SMARTS) is 1. The number of nitrogens with zero attached hydrogens (tertiary/aromatic N) is 2. The molecule has 1 unspecified atom stereocenters. The molecule has 0 saturated carbocycles. The van der Waals surface area contributed by atoms with Crippen molar-refractivity contribution in [3.05, 3.63) is 29.3 Å². The number of aromatic carboxylic acids is 1. The summed E-state index contributed by atoms with van der Waals surface area (Å²) < 4.78 is 0. The Morgan fingerprint density at radius 2 is 2.10 bits per heavy atom. The number of aryl methyl sites for hydroxylation is 1.